The van der Waals surface area contributed by atoms with E-state index in [-0.39, 0.29) is 11.4 Å². The molecule has 0 saturated carbocycles. The summed E-state index contributed by atoms with van der Waals surface area (Å²) < 4.78 is 100. The molecule has 4 rings (SSSR count). The van der Waals surface area contributed by atoms with Crippen LogP contribution in [0.2, 0.25) is 0 Å². The first kappa shape index (κ1) is 24.0. The van der Waals surface area contributed by atoms with Crippen molar-refractivity contribution in [2.45, 2.75) is 11.1 Å². The van der Waals surface area contributed by atoms with Crippen molar-refractivity contribution in [3.8, 4) is 17.7 Å². The van der Waals surface area contributed by atoms with Crippen molar-refractivity contribution in [2.75, 3.05) is 11.8 Å². The lowest BCUT2D eigenvalue weighted by Gasteiger charge is -2.12. The van der Waals surface area contributed by atoms with E-state index in [1.165, 1.54) is 19.4 Å². The maximum atomic E-state index is 15.0. The van der Waals surface area contributed by atoms with Gasteiger partial charge in [-0.3, -0.25) is 9.82 Å². The van der Waals surface area contributed by atoms with Crippen molar-refractivity contribution in [1.82, 2.24) is 15.2 Å². The standard InChI is InChI=1S/C22H13F5N4O3S/c1-34-21-16-9-12(11-28-20(16)29-30-21)5-6-15-17(23)7-8-18(19(15)24)31-35(32,33)14-4-2-3-13(10-14)22(25,26)27/h2-4,7-11,31H,1H3,(H,28,29,30). The number of H-pyrrole nitrogens is 1. The second-order valence-electron chi connectivity index (χ2n) is 7.02. The summed E-state index contributed by atoms with van der Waals surface area (Å²) in [4.78, 5) is 3.32. The van der Waals surface area contributed by atoms with Crippen LogP contribution in [-0.4, -0.2) is 30.7 Å². The quantitative estimate of drug-likeness (QED) is 0.313. The summed E-state index contributed by atoms with van der Waals surface area (Å²) in [6.45, 7) is 0. The van der Waals surface area contributed by atoms with Crippen molar-refractivity contribution >= 4 is 26.7 Å². The van der Waals surface area contributed by atoms with Crippen LogP contribution in [0.4, 0.5) is 27.6 Å². The number of alkyl halides is 3. The summed E-state index contributed by atoms with van der Waals surface area (Å²) in [5.41, 5.74) is -2.00. The summed E-state index contributed by atoms with van der Waals surface area (Å²) in [7, 11) is -3.24. The number of hydrogen-bond acceptors (Lipinski definition) is 5. The third-order valence-electron chi connectivity index (χ3n) is 4.71. The third kappa shape index (κ3) is 4.87. The maximum absolute atomic E-state index is 15.0. The highest BCUT2D eigenvalue weighted by Crippen LogP contribution is 2.31. The van der Waals surface area contributed by atoms with Crippen molar-refractivity contribution in [1.29, 1.82) is 0 Å². The predicted molar refractivity (Wildman–Crippen MR) is 115 cm³/mol. The van der Waals surface area contributed by atoms with Crippen molar-refractivity contribution < 1.29 is 35.1 Å². The van der Waals surface area contributed by atoms with Crippen LogP contribution in [0.3, 0.4) is 0 Å². The van der Waals surface area contributed by atoms with Gasteiger partial charge < -0.3 is 4.74 Å². The number of methoxy groups -OCH3 is 1. The number of rotatable bonds is 4. The van der Waals surface area contributed by atoms with Crippen LogP contribution in [0.15, 0.2) is 53.6 Å². The van der Waals surface area contributed by atoms with E-state index in [9.17, 15) is 30.4 Å². The van der Waals surface area contributed by atoms with E-state index >= 15 is 0 Å². The zero-order valence-corrected chi connectivity index (χ0v) is 18.4. The number of aromatic amines is 1. The highest BCUT2D eigenvalue weighted by Gasteiger charge is 2.32. The van der Waals surface area contributed by atoms with E-state index in [4.69, 9.17) is 4.74 Å². The number of ether oxygens (including phenoxy) is 1. The fourth-order valence-electron chi connectivity index (χ4n) is 3.03. The second kappa shape index (κ2) is 8.88. The van der Waals surface area contributed by atoms with Crippen molar-refractivity contribution in [3.63, 3.8) is 0 Å². The largest absolute Gasteiger partial charge is 0.479 e. The molecule has 0 radical (unpaired) electrons. The number of nitrogens with one attached hydrogen (secondary N) is 2. The van der Waals surface area contributed by atoms with Gasteiger partial charge in [0.1, 0.15) is 5.82 Å². The average molecular weight is 508 g/mol. The normalized spacial score (nSPS) is 11.7. The Balaban J connectivity index is 1.68. The van der Waals surface area contributed by atoms with Crippen molar-refractivity contribution in [2.24, 2.45) is 0 Å². The minimum absolute atomic E-state index is 0.236. The molecular weight excluding hydrogens is 495 g/mol. The first-order valence-corrected chi connectivity index (χ1v) is 11.1. The van der Waals surface area contributed by atoms with Gasteiger partial charge in [-0.2, -0.15) is 13.2 Å². The van der Waals surface area contributed by atoms with E-state index in [1.54, 1.807) is 0 Å². The van der Waals surface area contributed by atoms with Gasteiger partial charge in [-0.05, 0) is 36.4 Å². The summed E-state index contributed by atoms with van der Waals surface area (Å²) >= 11 is 0. The Bertz CT molecular complexity index is 1610. The molecule has 0 fully saturated rings. The number of halogens is 5. The Morgan fingerprint density at radius 2 is 1.86 bits per heavy atom. The minimum atomic E-state index is -4.78. The smallest absolute Gasteiger partial charge is 0.416 e. The molecule has 0 spiro atoms. The van der Waals surface area contributed by atoms with Gasteiger partial charge in [0.05, 0.1) is 34.2 Å². The summed E-state index contributed by atoms with van der Waals surface area (Å²) in [5, 5.41) is 6.99. The lowest BCUT2D eigenvalue weighted by atomic mass is 10.1. The van der Waals surface area contributed by atoms with E-state index in [2.05, 4.69) is 27.0 Å². The van der Waals surface area contributed by atoms with Crippen LogP contribution in [-0.2, 0) is 16.2 Å². The Kier molecular flexibility index (Phi) is 6.08. The van der Waals surface area contributed by atoms with E-state index < -0.39 is 49.5 Å². The highest BCUT2D eigenvalue weighted by atomic mass is 32.2. The van der Waals surface area contributed by atoms with Gasteiger partial charge in [-0.25, -0.2) is 22.2 Å². The van der Waals surface area contributed by atoms with Gasteiger partial charge in [-0.15, -0.1) is 5.10 Å². The molecule has 4 aromatic rings. The molecule has 0 atom stereocenters. The molecule has 2 aromatic carbocycles. The molecule has 0 saturated heterocycles. The van der Waals surface area contributed by atoms with Gasteiger partial charge in [0, 0.05) is 11.8 Å². The summed E-state index contributed by atoms with van der Waals surface area (Å²) in [6, 6.07) is 5.99. The summed E-state index contributed by atoms with van der Waals surface area (Å²) in [5.74, 6) is 2.64. The number of fused-ring (bicyclic) bond motifs is 1. The molecule has 7 nitrogen and oxygen atoms in total. The Morgan fingerprint density at radius 3 is 2.57 bits per heavy atom. The molecule has 0 amide bonds. The molecule has 2 aromatic heterocycles. The predicted octanol–water partition coefficient (Wildman–Crippen LogP) is 4.46. The fraction of sp³-hybridized carbons (Fsp3) is 0.0909. The molecule has 35 heavy (non-hydrogen) atoms. The van der Waals surface area contributed by atoms with Gasteiger partial charge >= 0.3 is 6.18 Å². The molecule has 2 heterocycles. The average Bonchev–Trinajstić information content (AvgIpc) is 3.23. The van der Waals surface area contributed by atoms with E-state index in [0.29, 0.717) is 23.2 Å². The van der Waals surface area contributed by atoms with Gasteiger partial charge in [-0.1, -0.05) is 17.9 Å². The van der Waals surface area contributed by atoms with Crippen LogP contribution in [0.1, 0.15) is 16.7 Å². The number of sulfonamides is 1. The SMILES string of the molecule is COc1n[nH]c2ncc(C#Cc3c(F)ccc(NS(=O)(=O)c4cccc(C(F)(F)F)c4)c3F)cc12. The monoisotopic (exact) mass is 508 g/mol. The topological polar surface area (TPSA) is 97.0 Å². The number of benzene rings is 2. The number of hydrogen-bond donors (Lipinski definition) is 2. The first-order valence-electron chi connectivity index (χ1n) is 9.58. The molecule has 0 aliphatic heterocycles. The zero-order chi connectivity index (χ0) is 25.4. The molecule has 0 bridgehead atoms. The first-order chi connectivity index (χ1) is 16.5. The Labute approximate surface area is 195 Å². The maximum Gasteiger partial charge on any atom is 0.416 e. The minimum Gasteiger partial charge on any atom is -0.479 e. The highest BCUT2D eigenvalue weighted by molar-refractivity contribution is 7.92. The second-order valence-corrected chi connectivity index (χ2v) is 8.70. The summed E-state index contributed by atoms with van der Waals surface area (Å²) in [6.07, 6.45) is -3.46. The van der Waals surface area contributed by atoms with Gasteiger partial charge in [0.2, 0.25) is 5.88 Å². The van der Waals surface area contributed by atoms with Crippen LogP contribution in [0.5, 0.6) is 5.88 Å². The van der Waals surface area contributed by atoms with Gasteiger partial charge in [0.15, 0.2) is 11.5 Å². The van der Waals surface area contributed by atoms with Crippen molar-refractivity contribution in [3.05, 3.63) is 77.0 Å². The zero-order valence-electron chi connectivity index (χ0n) is 17.5. The van der Waals surface area contributed by atoms with Crippen LogP contribution in [0, 0.1) is 23.5 Å². The molecule has 0 unspecified atom stereocenters. The third-order valence-corrected chi connectivity index (χ3v) is 6.08. The molecule has 2 N–H and O–H groups in total. The Morgan fingerprint density at radius 1 is 1.09 bits per heavy atom. The number of aromatic nitrogens is 3. The number of pyridine rings is 1. The van der Waals surface area contributed by atoms with E-state index in [0.717, 1.165) is 24.3 Å². The van der Waals surface area contributed by atoms with Crippen LogP contribution < -0.4 is 9.46 Å². The van der Waals surface area contributed by atoms with Crippen LogP contribution >= 0.6 is 0 Å². The fourth-order valence-corrected chi connectivity index (χ4v) is 4.13. The number of nitrogens with zero attached hydrogens (tertiary/aromatic N) is 2. The molecule has 0 aliphatic rings. The van der Waals surface area contributed by atoms with Gasteiger partial charge in [0.25, 0.3) is 10.0 Å². The molecule has 180 valence electrons. The number of anilines is 1. The van der Waals surface area contributed by atoms with Crippen LogP contribution in [0.25, 0.3) is 11.0 Å². The van der Waals surface area contributed by atoms with E-state index in [1.807, 2.05) is 4.72 Å². The lowest BCUT2D eigenvalue weighted by Crippen LogP contribution is -2.16. The molecular formula is C22H13F5N4O3S. The molecule has 13 heteroatoms. The molecule has 0 aliphatic carbocycles. The lowest BCUT2D eigenvalue weighted by molar-refractivity contribution is -0.137. The Hall–Kier alpha value is -4.18.